The van der Waals surface area contributed by atoms with E-state index in [1.807, 2.05) is 0 Å². The minimum absolute atomic E-state index is 0.852. The Kier molecular flexibility index (Phi) is 5.03. The van der Waals surface area contributed by atoms with E-state index in [1.165, 1.54) is 61.7 Å². The number of nitrogens with zero attached hydrogens (tertiary/aromatic N) is 2. The van der Waals surface area contributed by atoms with Gasteiger partial charge in [0.25, 0.3) is 0 Å². The zero-order chi connectivity index (χ0) is 13.8. The minimum atomic E-state index is 0.852. The van der Waals surface area contributed by atoms with E-state index in [4.69, 9.17) is 0 Å². The fraction of sp³-hybridized carbons (Fsp3) is 0.647. The fourth-order valence-electron chi connectivity index (χ4n) is 3.45. The van der Waals surface area contributed by atoms with Gasteiger partial charge in [0.15, 0.2) is 0 Å². The highest BCUT2D eigenvalue weighted by Gasteiger charge is 2.25. The summed E-state index contributed by atoms with van der Waals surface area (Å²) in [6, 6.07) is 9.81. The van der Waals surface area contributed by atoms with Gasteiger partial charge in [0, 0.05) is 37.2 Å². The monoisotopic (exact) mass is 290 g/mol. The first-order valence-corrected chi connectivity index (χ1v) is 9.06. The molecule has 0 radical (unpaired) electrons. The lowest BCUT2D eigenvalue weighted by atomic mass is 10.0. The Morgan fingerprint density at radius 3 is 2.55 bits per heavy atom. The second kappa shape index (κ2) is 6.97. The van der Waals surface area contributed by atoms with E-state index in [0.29, 0.717) is 0 Å². The summed E-state index contributed by atoms with van der Waals surface area (Å²) in [6.45, 7) is 8.47. The summed E-state index contributed by atoms with van der Waals surface area (Å²) in [7, 11) is 0. The van der Waals surface area contributed by atoms with Crippen molar-refractivity contribution in [3.63, 3.8) is 0 Å². The quantitative estimate of drug-likeness (QED) is 0.845. The Morgan fingerprint density at radius 1 is 1.10 bits per heavy atom. The summed E-state index contributed by atoms with van der Waals surface area (Å²) < 4.78 is 0. The van der Waals surface area contributed by atoms with Crippen LogP contribution in [0.15, 0.2) is 24.3 Å². The Hall–Kier alpha value is -0.510. The molecule has 0 aliphatic carbocycles. The van der Waals surface area contributed by atoms with Crippen LogP contribution in [-0.4, -0.2) is 53.5 Å². The van der Waals surface area contributed by atoms with Gasteiger partial charge in [-0.2, -0.15) is 11.8 Å². The van der Waals surface area contributed by atoms with Gasteiger partial charge in [-0.1, -0.05) is 29.8 Å². The average Bonchev–Trinajstić information content (AvgIpc) is 2.49. The second-order valence-electron chi connectivity index (χ2n) is 6.14. The molecule has 0 unspecified atom stereocenters. The summed E-state index contributed by atoms with van der Waals surface area (Å²) in [6.07, 6.45) is 2.72. The molecule has 1 aromatic carbocycles. The molecule has 20 heavy (non-hydrogen) atoms. The molecule has 2 fully saturated rings. The van der Waals surface area contributed by atoms with Crippen LogP contribution in [0.2, 0.25) is 0 Å². The first-order chi connectivity index (χ1) is 9.81. The molecular formula is C17H26N2S. The van der Waals surface area contributed by atoms with E-state index in [0.717, 1.165) is 12.6 Å². The van der Waals surface area contributed by atoms with E-state index in [-0.39, 0.29) is 0 Å². The molecule has 0 spiro atoms. The van der Waals surface area contributed by atoms with Crippen LogP contribution in [0.5, 0.6) is 0 Å². The topological polar surface area (TPSA) is 6.48 Å². The predicted molar refractivity (Wildman–Crippen MR) is 88.4 cm³/mol. The Bertz CT molecular complexity index is 421. The molecule has 2 aliphatic heterocycles. The molecule has 0 amide bonds. The third-order valence-electron chi connectivity index (χ3n) is 4.61. The largest absolute Gasteiger partial charge is 0.299 e. The van der Waals surface area contributed by atoms with Crippen molar-refractivity contribution in [2.75, 3.05) is 37.7 Å². The van der Waals surface area contributed by atoms with Crippen LogP contribution in [0.3, 0.4) is 0 Å². The molecule has 0 aromatic heterocycles. The van der Waals surface area contributed by atoms with E-state index in [1.54, 1.807) is 0 Å². The molecular weight excluding hydrogens is 264 g/mol. The van der Waals surface area contributed by atoms with Crippen molar-refractivity contribution in [2.45, 2.75) is 32.4 Å². The maximum atomic E-state index is 2.74. The highest BCUT2D eigenvalue weighted by Crippen LogP contribution is 2.21. The Labute approximate surface area is 127 Å². The summed E-state index contributed by atoms with van der Waals surface area (Å²) >= 11 is 2.11. The SMILES string of the molecule is Cc1cccc(CN2CCC(N3CCSCC3)CC2)c1. The fourth-order valence-corrected chi connectivity index (χ4v) is 4.39. The minimum Gasteiger partial charge on any atom is -0.299 e. The molecule has 0 N–H and O–H groups in total. The van der Waals surface area contributed by atoms with Crippen LogP contribution in [-0.2, 0) is 6.54 Å². The molecule has 2 aliphatic rings. The zero-order valence-corrected chi connectivity index (χ0v) is 13.4. The Balaban J connectivity index is 1.48. The number of benzene rings is 1. The molecule has 1 aromatic rings. The van der Waals surface area contributed by atoms with Crippen LogP contribution in [0.4, 0.5) is 0 Å². The number of thioether (sulfide) groups is 1. The van der Waals surface area contributed by atoms with E-state index < -0.39 is 0 Å². The third kappa shape index (κ3) is 3.78. The smallest absolute Gasteiger partial charge is 0.0233 e. The van der Waals surface area contributed by atoms with Gasteiger partial charge < -0.3 is 0 Å². The molecule has 2 heterocycles. The van der Waals surface area contributed by atoms with Gasteiger partial charge in [0.05, 0.1) is 0 Å². The molecule has 110 valence electrons. The summed E-state index contributed by atoms with van der Waals surface area (Å²) in [5.41, 5.74) is 2.85. The maximum Gasteiger partial charge on any atom is 0.0233 e. The van der Waals surface area contributed by atoms with Crippen molar-refractivity contribution >= 4 is 11.8 Å². The van der Waals surface area contributed by atoms with Crippen LogP contribution in [0.1, 0.15) is 24.0 Å². The van der Waals surface area contributed by atoms with Gasteiger partial charge in [-0.25, -0.2) is 0 Å². The van der Waals surface area contributed by atoms with Gasteiger partial charge in [-0.05, 0) is 38.4 Å². The molecule has 0 atom stereocenters. The van der Waals surface area contributed by atoms with Gasteiger partial charge in [-0.3, -0.25) is 9.80 Å². The number of piperidine rings is 1. The molecule has 3 rings (SSSR count). The highest BCUT2D eigenvalue weighted by molar-refractivity contribution is 7.99. The predicted octanol–water partition coefficient (Wildman–Crippen LogP) is 3.01. The molecule has 3 heteroatoms. The van der Waals surface area contributed by atoms with E-state index in [2.05, 4.69) is 52.8 Å². The third-order valence-corrected chi connectivity index (χ3v) is 5.55. The molecule has 2 saturated heterocycles. The van der Waals surface area contributed by atoms with E-state index in [9.17, 15) is 0 Å². The first-order valence-electron chi connectivity index (χ1n) is 7.91. The zero-order valence-electron chi connectivity index (χ0n) is 12.6. The maximum absolute atomic E-state index is 2.74. The number of aryl methyl sites for hydroxylation is 1. The van der Waals surface area contributed by atoms with Crippen molar-refractivity contribution in [2.24, 2.45) is 0 Å². The number of hydrogen-bond donors (Lipinski definition) is 0. The molecule has 0 saturated carbocycles. The number of hydrogen-bond acceptors (Lipinski definition) is 3. The van der Waals surface area contributed by atoms with Gasteiger partial charge >= 0.3 is 0 Å². The molecule has 0 bridgehead atoms. The lowest BCUT2D eigenvalue weighted by Gasteiger charge is -2.40. The van der Waals surface area contributed by atoms with Crippen LogP contribution < -0.4 is 0 Å². The lowest BCUT2D eigenvalue weighted by Crippen LogP contribution is -2.47. The summed E-state index contributed by atoms with van der Waals surface area (Å²) in [5, 5.41) is 0. The first kappa shape index (κ1) is 14.4. The van der Waals surface area contributed by atoms with Crippen molar-refractivity contribution in [3.05, 3.63) is 35.4 Å². The summed E-state index contributed by atoms with van der Waals surface area (Å²) in [4.78, 5) is 5.37. The molecule has 2 nitrogen and oxygen atoms in total. The number of rotatable bonds is 3. The van der Waals surface area contributed by atoms with Crippen LogP contribution in [0.25, 0.3) is 0 Å². The van der Waals surface area contributed by atoms with Crippen molar-refractivity contribution in [1.29, 1.82) is 0 Å². The van der Waals surface area contributed by atoms with Gasteiger partial charge in [0.1, 0.15) is 0 Å². The van der Waals surface area contributed by atoms with Crippen LogP contribution in [0, 0.1) is 6.92 Å². The lowest BCUT2D eigenvalue weighted by molar-refractivity contribution is 0.112. The summed E-state index contributed by atoms with van der Waals surface area (Å²) in [5.74, 6) is 2.67. The van der Waals surface area contributed by atoms with E-state index >= 15 is 0 Å². The standard InChI is InChI=1S/C17H26N2S/c1-15-3-2-4-16(13-15)14-18-7-5-17(6-8-18)19-9-11-20-12-10-19/h2-4,13,17H,5-12,14H2,1H3. The second-order valence-corrected chi connectivity index (χ2v) is 7.37. The van der Waals surface area contributed by atoms with Crippen LogP contribution >= 0.6 is 11.8 Å². The Morgan fingerprint density at radius 2 is 1.85 bits per heavy atom. The van der Waals surface area contributed by atoms with Gasteiger partial charge in [0.2, 0.25) is 0 Å². The van der Waals surface area contributed by atoms with Crippen molar-refractivity contribution in [1.82, 2.24) is 9.80 Å². The normalized spacial score (nSPS) is 23.1. The van der Waals surface area contributed by atoms with Gasteiger partial charge in [-0.15, -0.1) is 0 Å². The van der Waals surface area contributed by atoms with Crippen molar-refractivity contribution < 1.29 is 0 Å². The highest BCUT2D eigenvalue weighted by atomic mass is 32.2. The van der Waals surface area contributed by atoms with Crippen molar-refractivity contribution in [3.8, 4) is 0 Å². The number of likely N-dealkylation sites (tertiary alicyclic amines) is 1. The average molecular weight is 290 g/mol.